The van der Waals surface area contributed by atoms with Gasteiger partial charge < -0.3 is 14.8 Å². The zero-order valence-corrected chi connectivity index (χ0v) is 20.4. The molecule has 6 heteroatoms. The Bertz CT molecular complexity index is 1270. The molecule has 0 bridgehead atoms. The molecule has 0 aliphatic rings. The van der Waals surface area contributed by atoms with Gasteiger partial charge in [0.1, 0.15) is 12.4 Å². The Kier molecular flexibility index (Phi) is 7.93. The van der Waals surface area contributed by atoms with E-state index in [1.54, 1.807) is 0 Å². The molecule has 0 aliphatic carbocycles. The SMILES string of the molecule is CC(C)N(C(=O)Cn1c(CCNC(=O)CCc2ccccc2)nc2ccccc21)c1ccccc1. The predicted octanol–water partition coefficient (Wildman–Crippen LogP) is 4.77. The van der Waals surface area contributed by atoms with Crippen LogP contribution in [0.2, 0.25) is 0 Å². The monoisotopic (exact) mass is 468 g/mol. The molecular formula is C29H32N4O2. The van der Waals surface area contributed by atoms with Crippen LogP contribution < -0.4 is 10.2 Å². The average molecular weight is 469 g/mol. The molecule has 0 atom stereocenters. The van der Waals surface area contributed by atoms with Gasteiger partial charge in [0.25, 0.3) is 0 Å². The van der Waals surface area contributed by atoms with Crippen molar-refractivity contribution < 1.29 is 9.59 Å². The maximum atomic E-state index is 13.5. The van der Waals surface area contributed by atoms with E-state index in [0.717, 1.165) is 28.1 Å². The van der Waals surface area contributed by atoms with E-state index in [-0.39, 0.29) is 24.4 Å². The van der Waals surface area contributed by atoms with E-state index < -0.39 is 0 Å². The van der Waals surface area contributed by atoms with Crippen molar-refractivity contribution in [3.05, 3.63) is 96.3 Å². The fourth-order valence-corrected chi connectivity index (χ4v) is 4.33. The first-order valence-electron chi connectivity index (χ1n) is 12.1. The maximum Gasteiger partial charge on any atom is 0.247 e. The van der Waals surface area contributed by atoms with Gasteiger partial charge in [0, 0.05) is 31.1 Å². The fraction of sp³-hybridized carbons (Fsp3) is 0.276. The van der Waals surface area contributed by atoms with Crippen molar-refractivity contribution in [2.75, 3.05) is 11.4 Å². The Labute approximate surface area is 206 Å². The van der Waals surface area contributed by atoms with Crippen molar-refractivity contribution in [2.24, 2.45) is 0 Å². The number of rotatable bonds is 10. The number of imidazole rings is 1. The highest BCUT2D eigenvalue weighted by Crippen LogP contribution is 2.20. The highest BCUT2D eigenvalue weighted by molar-refractivity contribution is 5.94. The number of hydrogen-bond donors (Lipinski definition) is 1. The van der Waals surface area contributed by atoms with Crippen molar-refractivity contribution in [2.45, 2.75) is 45.7 Å². The third-order valence-electron chi connectivity index (χ3n) is 6.00. The fourth-order valence-electron chi connectivity index (χ4n) is 4.33. The van der Waals surface area contributed by atoms with E-state index in [9.17, 15) is 9.59 Å². The van der Waals surface area contributed by atoms with Gasteiger partial charge in [0.05, 0.1) is 11.0 Å². The second kappa shape index (κ2) is 11.5. The molecule has 0 radical (unpaired) electrons. The quantitative estimate of drug-likeness (QED) is 0.365. The van der Waals surface area contributed by atoms with E-state index in [2.05, 4.69) is 5.32 Å². The molecule has 0 saturated carbocycles. The summed E-state index contributed by atoms with van der Waals surface area (Å²) in [5.74, 6) is 0.810. The zero-order chi connectivity index (χ0) is 24.6. The minimum atomic E-state index is 0.00231. The molecule has 3 aromatic carbocycles. The molecule has 0 unspecified atom stereocenters. The normalized spacial score (nSPS) is 11.1. The van der Waals surface area contributed by atoms with Crippen molar-refractivity contribution >= 4 is 28.5 Å². The molecule has 1 aromatic heterocycles. The summed E-state index contributed by atoms with van der Waals surface area (Å²) >= 11 is 0. The van der Waals surface area contributed by atoms with Gasteiger partial charge in [-0.2, -0.15) is 0 Å². The van der Waals surface area contributed by atoms with E-state index >= 15 is 0 Å². The summed E-state index contributed by atoms with van der Waals surface area (Å²) in [7, 11) is 0. The van der Waals surface area contributed by atoms with Gasteiger partial charge in [-0.25, -0.2) is 4.98 Å². The summed E-state index contributed by atoms with van der Waals surface area (Å²) in [6.45, 7) is 4.69. The number of fused-ring (bicyclic) bond motifs is 1. The smallest absolute Gasteiger partial charge is 0.247 e. The first kappa shape index (κ1) is 24.2. The minimum Gasteiger partial charge on any atom is -0.356 e. The first-order chi connectivity index (χ1) is 17.0. The Morgan fingerprint density at radius 3 is 2.26 bits per heavy atom. The molecule has 0 spiro atoms. The molecule has 2 amide bonds. The number of benzene rings is 3. The average Bonchev–Trinajstić information content (AvgIpc) is 3.21. The lowest BCUT2D eigenvalue weighted by Crippen LogP contribution is -2.39. The Morgan fingerprint density at radius 2 is 1.54 bits per heavy atom. The Balaban J connectivity index is 1.45. The van der Waals surface area contributed by atoms with Gasteiger partial charge in [-0.15, -0.1) is 0 Å². The predicted molar refractivity (Wildman–Crippen MR) is 140 cm³/mol. The number of para-hydroxylation sites is 3. The zero-order valence-electron chi connectivity index (χ0n) is 20.4. The third kappa shape index (κ3) is 6.15. The third-order valence-corrected chi connectivity index (χ3v) is 6.00. The van der Waals surface area contributed by atoms with Crippen LogP contribution in [0.1, 0.15) is 31.7 Å². The van der Waals surface area contributed by atoms with E-state index in [1.807, 2.05) is 108 Å². The lowest BCUT2D eigenvalue weighted by Gasteiger charge is -2.27. The number of carbonyl (C=O) groups excluding carboxylic acids is 2. The minimum absolute atomic E-state index is 0.00231. The standard InChI is InChI=1S/C29H32N4O2/c1-22(2)33(24-13-7-4-8-14-24)29(35)21-32-26-16-10-9-15-25(26)31-27(32)19-20-30-28(34)18-17-23-11-5-3-6-12-23/h3-16,22H,17-21H2,1-2H3,(H,30,34). The van der Waals surface area contributed by atoms with Gasteiger partial charge in [0.2, 0.25) is 11.8 Å². The summed E-state index contributed by atoms with van der Waals surface area (Å²) in [6, 6.07) is 27.6. The van der Waals surface area contributed by atoms with Crippen molar-refractivity contribution in [1.29, 1.82) is 0 Å². The van der Waals surface area contributed by atoms with Crippen LogP contribution in [0.5, 0.6) is 0 Å². The Morgan fingerprint density at radius 1 is 0.886 bits per heavy atom. The lowest BCUT2D eigenvalue weighted by molar-refractivity contribution is -0.121. The molecule has 1 heterocycles. The van der Waals surface area contributed by atoms with E-state index in [1.165, 1.54) is 0 Å². The van der Waals surface area contributed by atoms with Crippen LogP contribution in [-0.4, -0.2) is 34.0 Å². The molecule has 4 aromatic rings. The van der Waals surface area contributed by atoms with Crippen molar-refractivity contribution in [3.63, 3.8) is 0 Å². The second-order valence-corrected chi connectivity index (χ2v) is 8.88. The molecule has 0 fully saturated rings. The molecule has 4 rings (SSSR count). The lowest BCUT2D eigenvalue weighted by atomic mass is 10.1. The van der Waals surface area contributed by atoms with Crippen LogP contribution in [0.3, 0.4) is 0 Å². The highest BCUT2D eigenvalue weighted by atomic mass is 16.2. The van der Waals surface area contributed by atoms with Gasteiger partial charge in [-0.3, -0.25) is 9.59 Å². The van der Waals surface area contributed by atoms with Crippen LogP contribution in [0, 0.1) is 0 Å². The number of amides is 2. The number of nitrogens with zero attached hydrogens (tertiary/aromatic N) is 3. The summed E-state index contributed by atoms with van der Waals surface area (Å²) in [5.41, 5.74) is 3.80. The highest BCUT2D eigenvalue weighted by Gasteiger charge is 2.21. The number of hydrogen-bond acceptors (Lipinski definition) is 3. The largest absolute Gasteiger partial charge is 0.356 e. The Hall–Kier alpha value is -3.93. The number of nitrogens with one attached hydrogen (secondary N) is 1. The van der Waals surface area contributed by atoms with Crippen LogP contribution in [0.4, 0.5) is 5.69 Å². The van der Waals surface area contributed by atoms with Crippen LogP contribution in [0.25, 0.3) is 11.0 Å². The summed E-state index contributed by atoms with van der Waals surface area (Å²) in [6.07, 6.45) is 1.70. The summed E-state index contributed by atoms with van der Waals surface area (Å²) in [4.78, 5) is 32.4. The first-order valence-corrected chi connectivity index (χ1v) is 12.1. The number of aryl methyl sites for hydroxylation is 1. The number of aromatic nitrogens is 2. The van der Waals surface area contributed by atoms with Crippen LogP contribution in [-0.2, 0) is 29.0 Å². The molecule has 6 nitrogen and oxygen atoms in total. The van der Waals surface area contributed by atoms with Crippen LogP contribution >= 0.6 is 0 Å². The maximum absolute atomic E-state index is 13.5. The van der Waals surface area contributed by atoms with E-state index in [0.29, 0.717) is 25.8 Å². The molecule has 180 valence electrons. The van der Waals surface area contributed by atoms with E-state index in [4.69, 9.17) is 4.98 Å². The van der Waals surface area contributed by atoms with Gasteiger partial charge >= 0.3 is 0 Å². The van der Waals surface area contributed by atoms with Crippen molar-refractivity contribution in [1.82, 2.24) is 14.9 Å². The van der Waals surface area contributed by atoms with Gasteiger partial charge in [-0.05, 0) is 50.1 Å². The van der Waals surface area contributed by atoms with Crippen LogP contribution in [0.15, 0.2) is 84.9 Å². The molecule has 1 N–H and O–H groups in total. The molecule has 0 saturated heterocycles. The number of carbonyl (C=O) groups is 2. The summed E-state index contributed by atoms with van der Waals surface area (Å²) in [5, 5.41) is 3.01. The second-order valence-electron chi connectivity index (χ2n) is 8.88. The molecular weight excluding hydrogens is 436 g/mol. The topological polar surface area (TPSA) is 67.2 Å². The molecule has 0 aliphatic heterocycles. The van der Waals surface area contributed by atoms with Gasteiger partial charge in [-0.1, -0.05) is 60.7 Å². The van der Waals surface area contributed by atoms with Gasteiger partial charge in [0.15, 0.2) is 0 Å². The van der Waals surface area contributed by atoms with Crippen molar-refractivity contribution in [3.8, 4) is 0 Å². The number of anilines is 1. The summed E-state index contributed by atoms with van der Waals surface area (Å²) < 4.78 is 1.98. The molecule has 35 heavy (non-hydrogen) atoms.